The highest BCUT2D eigenvalue weighted by atomic mass is 32.2. The molecule has 1 heterocycles. The van der Waals surface area contributed by atoms with Gasteiger partial charge in [-0.2, -0.15) is 0 Å². The van der Waals surface area contributed by atoms with Gasteiger partial charge in [-0.3, -0.25) is 9.11 Å². The first-order valence-electron chi connectivity index (χ1n) is 7.60. The third-order valence-electron chi connectivity index (χ3n) is 3.79. The quantitative estimate of drug-likeness (QED) is 0.791. The molecule has 1 aliphatic heterocycles. The molecule has 1 unspecified atom stereocenters. The minimum atomic E-state index is -1.01. The predicted octanol–water partition coefficient (Wildman–Crippen LogP) is 0.803. The van der Waals surface area contributed by atoms with Crippen molar-refractivity contribution in [2.24, 2.45) is 5.73 Å². The topological polar surface area (TPSA) is 58.8 Å². The highest BCUT2D eigenvalue weighted by molar-refractivity contribution is 7.84. The summed E-state index contributed by atoms with van der Waals surface area (Å²) in [6, 6.07) is 2.24. The Morgan fingerprint density at radius 3 is 2.52 bits per heavy atom. The Morgan fingerprint density at radius 2 is 1.91 bits per heavy atom. The Labute approximate surface area is 137 Å². The van der Waals surface area contributed by atoms with Crippen LogP contribution in [0.2, 0.25) is 0 Å². The molecule has 23 heavy (non-hydrogen) atoms. The zero-order valence-corrected chi connectivity index (χ0v) is 14.1. The van der Waals surface area contributed by atoms with E-state index in [1.165, 1.54) is 6.07 Å². The van der Waals surface area contributed by atoms with Gasteiger partial charge >= 0.3 is 0 Å². The monoisotopic (exact) mass is 347 g/mol. The van der Waals surface area contributed by atoms with E-state index in [0.717, 1.165) is 25.7 Å². The first-order valence-corrected chi connectivity index (χ1v) is 9.33. The second kappa shape index (κ2) is 8.56. The fourth-order valence-electron chi connectivity index (χ4n) is 2.54. The molecule has 0 amide bonds. The molecule has 0 aliphatic carbocycles. The van der Waals surface area contributed by atoms with E-state index in [4.69, 9.17) is 10.5 Å². The van der Waals surface area contributed by atoms with Crippen molar-refractivity contribution >= 4 is 16.5 Å². The third-order valence-corrected chi connectivity index (χ3v) is 4.53. The second-order valence-corrected chi connectivity index (χ2v) is 7.03. The van der Waals surface area contributed by atoms with Crippen LogP contribution in [0.1, 0.15) is 0 Å². The average Bonchev–Trinajstić information content (AvgIpc) is 2.50. The molecule has 0 radical (unpaired) electrons. The summed E-state index contributed by atoms with van der Waals surface area (Å²) in [6.07, 6.45) is 1.55. The first-order chi connectivity index (χ1) is 11.0. The predicted molar refractivity (Wildman–Crippen MR) is 88.5 cm³/mol. The van der Waals surface area contributed by atoms with Gasteiger partial charge in [0, 0.05) is 68.5 Å². The van der Waals surface area contributed by atoms with Gasteiger partial charge in [-0.05, 0) is 0 Å². The molecule has 2 N–H and O–H groups in total. The summed E-state index contributed by atoms with van der Waals surface area (Å²) in [4.78, 5) is 4.10. The lowest BCUT2D eigenvalue weighted by atomic mass is 10.2. The van der Waals surface area contributed by atoms with Crippen molar-refractivity contribution in [1.82, 2.24) is 4.90 Å². The second-order valence-electron chi connectivity index (χ2n) is 5.48. The van der Waals surface area contributed by atoms with Crippen molar-refractivity contribution in [2.45, 2.75) is 0 Å². The summed E-state index contributed by atoms with van der Waals surface area (Å²) in [6.45, 7) is 4.44. The molecule has 0 spiro atoms. The molecule has 1 aromatic carbocycles. The Balaban J connectivity index is 2.05. The fourth-order valence-corrected chi connectivity index (χ4v) is 2.85. The summed E-state index contributed by atoms with van der Waals surface area (Å²) in [5, 5.41) is 0. The molecule has 1 aliphatic rings. The Bertz CT molecular complexity index is 552. The van der Waals surface area contributed by atoms with E-state index in [-0.39, 0.29) is 12.4 Å². The van der Waals surface area contributed by atoms with Crippen LogP contribution >= 0.6 is 0 Å². The van der Waals surface area contributed by atoms with E-state index in [0.29, 0.717) is 31.1 Å². The van der Waals surface area contributed by atoms with Gasteiger partial charge in [0.25, 0.3) is 0 Å². The lowest BCUT2D eigenvalue weighted by Gasteiger charge is -2.36. The van der Waals surface area contributed by atoms with Gasteiger partial charge in [0.1, 0.15) is 5.82 Å². The van der Waals surface area contributed by atoms with Crippen LogP contribution < -0.4 is 15.4 Å². The molecule has 1 atom stereocenters. The molecule has 1 aromatic rings. The first kappa shape index (κ1) is 18.1. The van der Waals surface area contributed by atoms with Gasteiger partial charge in [-0.1, -0.05) is 0 Å². The van der Waals surface area contributed by atoms with Crippen molar-refractivity contribution in [3.8, 4) is 5.75 Å². The summed E-state index contributed by atoms with van der Waals surface area (Å²) in [5.74, 6) is -1.03. The van der Waals surface area contributed by atoms with E-state index in [9.17, 15) is 13.0 Å². The molecule has 8 heteroatoms. The number of nitrogens with two attached hydrogens (primary N) is 1. The molecule has 1 saturated heterocycles. The summed E-state index contributed by atoms with van der Waals surface area (Å²) >= 11 is 0. The van der Waals surface area contributed by atoms with Gasteiger partial charge in [0.15, 0.2) is 11.6 Å². The normalized spacial score (nSPS) is 17.3. The zero-order chi connectivity index (χ0) is 16.8. The fraction of sp³-hybridized carbons (Fsp3) is 0.600. The Hall–Kier alpha value is -1.25. The Kier molecular flexibility index (Phi) is 6.73. The molecular formula is C15H23F2N3O2S. The summed E-state index contributed by atoms with van der Waals surface area (Å²) in [5.41, 5.74) is 5.88. The number of anilines is 1. The van der Waals surface area contributed by atoms with E-state index >= 15 is 0 Å². The number of benzene rings is 1. The van der Waals surface area contributed by atoms with Gasteiger partial charge in [-0.25, -0.2) is 8.78 Å². The van der Waals surface area contributed by atoms with Crippen molar-refractivity contribution < 1.29 is 17.7 Å². The molecule has 130 valence electrons. The number of hydrogen-bond acceptors (Lipinski definition) is 5. The smallest absolute Gasteiger partial charge is 0.168 e. The number of piperazine rings is 1. The molecule has 5 nitrogen and oxygen atoms in total. The van der Waals surface area contributed by atoms with Crippen LogP contribution in [0.5, 0.6) is 5.75 Å². The van der Waals surface area contributed by atoms with E-state index in [1.54, 1.807) is 6.26 Å². The van der Waals surface area contributed by atoms with Crippen molar-refractivity contribution in [3.05, 3.63) is 23.8 Å². The van der Waals surface area contributed by atoms with E-state index < -0.39 is 22.4 Å². The number of rotatable bonds is 7. The maximum absolute atomic E-state index is 14.1. The van der Waals surface area contributed by atoms with E-state index in [1.807, 2.05) is 4.90 Å². The molecule has 0 aromatic heterocycles. The number of hydrogen-bond donors (Lipinski definition) is 1. The molecular weight excluding hydrogens is 324 g/mol. The minimum Gasteiger partial charge on any atom is -0.489 e. The SMILES string of the molecule is CS(=O)CCOc1cc(N2CCN(CCN)CC2)c(F)cc1F. The van der Waals surface area contributed by atoms with Crippen molar-refractivity contribution in [3.63, 3.8) is 0 Å². The highest BCUT2D eigenvalue weighted by Crippen LogP contribution is 2.29. The number of nitrogens with zero attached hydrogens (tertiary/aromatic N) is 2. The maximum atomic E-state index is 14.1. The van der Waals surface area contributed by atoms with Gasteiger partial charge in [-0.15, -0.1) is 0 Å². The molecule has 2 rings (SSSR count). The van der Waals surface area contributed by atoms with Crippen LogP contribution in [0.25, 0.3) is 0 Å². The van der Waals surface area contributed by atoms with Crippen LogP contribution in [-0.2, 0) is 10.8 Å². The van der Waals surface area contributed by atoms with E-state index in [2.05, 4.69) is 4.90 Å². The highest BCUT2D eigenvalue weighted by Gasteiger charge is 2.21. The minimum absolute atomic E-state index is 0.00348. The molecule has 0 saturated carbocycles. The van der Waals surface area contributed by atoms with Gasteiger partial charge < -0.3 is 15.4 Å². The number of ether oxygens (including phenoxy) is 1. The maximum Gasteiger partial charge on any atom is 0.168 e. The van der Waals surface area contributed by atoms with Crippen LogP contribution in [0.4, 0.5) is 14.5 Å². The van der Waals surface area contributed by atoms with Crippen molar-refractivity contribution in [2.75, 3.05) is 62.8 Å². The van der Waals surface area contributed by atoms with Crippen LogP contribution in [0, 0.1) is 11.6 Å². The average molecular weight is 347 g/mol. The standard InChI is InChI=1S/C15H23F2N3O2S/c1-23(21)9-8-22-15-11-14(12(16)10-13(15)17)20-6-4-19(3-2-18)5-7-20/h10-11H,2-9,18H2,1H3. The van der Waals surface area contributed by atoms with Crippen molar-refractivity contribution in [1.29, 1.82) is 0 Å². The van der Waals surface area contributed by atoms with Gasteiger partial charge in [0.2, 0.25) is 0 Å². The Morgan fingerprint density at radius 1 is 1.22 bits per heavy atom. The molecule has 0 bridgehead atoms. The van der Waals surface area contributed by atoms with Crippen LogP contribution in [0.3, 0.4) is 0 Å². The zero-order valence-electron chi connectivity index (χ0n) is 13.3. The van der Waals surface area contributed by atoms with Crippen LogP contribution in [-0.4, -0.2) is 67.0 Å². The van der Waals surface area contributed by atoms with Crippen LogP contribution in [0.15, 0.2) is 12.1 Å². The third kappa shape index (κ3) is 5.12. The summed E-state index contributed by atoms with van der Waals surface area (Å²) < 4.78 is 44.2. The summed E-state index contributed by atoms with van der Waals surface area (Å²) in [7, 11) is -1.01. The molecule has 1 fully saturated rings. The lowest BCUT2D eigenvalue weighted by Crippen LogP contribution is -2.48. The number of halogens is 2. The van der Waals surface area contributed by atoms with Gasteiger partial charge in [0.05, 0.1) is 18.0 Å². The lowest BCUT2D eigenvalue weighted by molar-refractivity contribution is 0.264. The largest absolute Gasteiger partial charge is 0.489 e.